The molecule has 1 aromatic rings. The quantitative estimate of drug-likeness (QED) is 0.774. The standard InChI is InChI=1S/C13H19N/c1-2-3-8-13(14)12-9-10-6-4-5-7-11(10)12/h4-7,12-13H,2-3,8-9,14H2,1H3. The molecule has 2 N–H and O–H groups in total. The molecule has 0 radical (unpaired) electrons. The average Bonchev–Trinajstić information content (AvgIpc) is 2.17. The molecule has 0 amide bonds. The molecule has 0 aliphatic heterocycles. The van der Waals surface area contributed by atoms with Gasteiger partial charge in [0.15, 0.2) is 0 Å². The maximum absolute atomic E-state index is 6.18. The molecule has 1 heteroatoms. The molecule has 0 fully saturated rings. The van der Waals surface area contributed by atoms with Gasteiger partial charge in [-0.25, -0.2) is 0 Å². The molecule has 0 aromatic heterocycles. The Balaban J connectivity index is 1.97. The molecule has 0 heterocycles. The highest BCUT2D eigenvalue weighted by molar-refractivity contribution is 5.41. The van der Waals surface area contributed by atoms with Crippen LogP contribution in [0.3, 0.4) is 0 Å². The van der Waals surface area contributed by atoms with Gasteiger partial charge in [0.25, 0.3) is 0 Å². The summed E-state index contributed by atoms with van der Waals surface area (Å²) in [6.45, 7) is 2.22. The van der Waals surface area contributed by atoms with Crippen molar-refractivity contribution in [3.8, 4) is 0 Å². The van der Waals surface area contributed by atoms with Crippen LogP contribution in [0.15, 0.2) is 24.3 Å². The normalized spacial score (nSPS) is 21.1. The minimum absolute atomic E-state index is 0.379. The van der Waals surface area contributed by atoms with Crippen LogP contribution in [0.1, 0.15) is 43.2 Å². The number of rotatable bonds is 4. The third-order valence-electron chi connectivity index (χ3n) is 3.30. The Kier molecular flexibility index (Phi) is 2.87. The van der Waals surface area contributed by atoms with Gasteiger partial charge in [0, 0.05) is 12.0 Å². The fourth-order valence-electron chi connectivity index (χ4n) is 2.32. The van der Waals surface area contributed by atoms with E-state index in [4.69, 9.17) is 5.73 Å². The zero-order valence-electron chi connectivity index (χ0n) is 8.87. The van der Waals surface area contributed by atoms with Crippen LogP contribution in [0.4, 0.5) is 0 Å². The Hall–Kier alpha value is -0.820. The summed E-state index contributed by atoms with van der Waals surface area (Å²) in [7, 11) is 0. The third kappa shape index (κ3) is 1.69. The molecule has 1 nitrogen and oxygen atoms in total. The predicted octanol–water partition coefficient (Wildman–Crippen LogP) is 2.84. The van der Waals surface area contributed by atoms with Crippen LogP contribution in [-0.2, 0) is 6.42 Å². The lowest BCUT2D eigenvalue weighted by Crippen LogP contribution is -2.35. The molecular weight excluding hydrogens is 170 g/mol. The van der Waals surface area contributed by atoms with Crippen LogP contribution in [0.25, 0.3) is 0 Å². The molecule has 1 aromatic carbocycles. The Bertz CT molecular complexity index is 306. The Morgan fingerprint density at radius 2 is 2.21 bits per heavy atom. The lowest BCUT2D eigenvalue weighted by Gasteiger charge is -2.34. The molecule has 2 unspecified atom stereocenters. The van der Waals surface area contributed by atoms with Gasteiger partial charge < -0.3 is 5.73 Å². The second-order valence-electron chi connectivity index (χ2n) is 4.32. The molecule has 0 saturated heterocycles. The van der Waals surface area contributed by atoms with Crippen LogP contribution >= 0.6 is 0 Å². The first-order valence-corrected chi connectivity index (χ1v) is 5.66. The fourth-order valence-corrected chi connectivity index (χ4v) is 2.32. The van der Waals surface area contributed by atoms with Gasteiger partial charge in [0.1, 0.15) is 0 Å². The van der Waals surface area contributed by atoms with Crippen LogP contribution < -0.4 is 5.73 Å². The number of fused-ring (bicyclic) bond motifs is 1. The molecule has 0 spiro atoms. The van der Waals surface area contributed by atoms with E-state index in [1.807, 2.05) is 0 Å². The van der Waals surface area contributed by atoms with Crippen molar-refractivity contribution in [1.29, 1.82) is 0 Å². The van der Waals surface area contributed by atoms with E-state index in [-0.39, 0.29) is 0 Å². The molecule has 2 rings (SSSR count). The zero-order chi connectivity index (χ0) is 9.97. The van der Waals surface area contributed by atoms with E-state index in [9.17, 15) is 0 Å². The summed E-state index contributed by atoms with van der Waals surface area (Å²) in [6.07, 6.45) is 4.89. The zero-order valence-corrected chi connectivity index (χ0v) is 8.87. The summed E-state index contributed by atoms with van der Waals surface area (Å²) in [5.74, 6) is 0.637. The van der Waals surface area contributed by atoms with Crippen molar-refractivity contribution in [2.45, 2.75) is 44.6 Å². The third-order valence-corrected chi connectivity index (χ3v) is 3.30. The van der Waals surface area contributed by atoms with Crippen molar-refractivity contribution in [1.82, 2.24) is 0 Å². The van der Waals surface area contributed by atoms with Crippen molar-refractivity contribution >= 4 is 0 Å². The number of nitrogens with two attached hydrogens (primary N) is 1. The number of hydrogen-bond acceptors (Lipinski definition) is 1. The first-order valence-electron chi connectivity index (χ1n) is 5.66. The van der Waals surface area contributed by atoms with Crippen molar-refractivity contribution in [2.24, 2.45) is 5.73 Å². The summed E-state index contributed by atoms with van der Waals surface area (Å²) in [6, 6.07) is 9.07. The van der Waals surface area contributed by atoms with Gasteiger partial charge in [-0.3, -0.25) is 0 Å². The van der Waals surface area contributed by atoms with Gasteiger partial charge >= 0.3 is 0 Å². The summed E-state index contributed by atoms with van der Waals surface area (Å²) in [5, 5.41) is 0. The predicted molar refractivity (Wildman–Crippen MR) is 60.4 cm³/mol. The van der Waals surface area contributed by atoms with Gasteiger partial charge in [-0.2, -0.15) is 0 Å². The number of benzene rings is 1. The Labute approximate surface area is 86.3 Å². The Morgan fingerprint density at radius 3 is 2.93 bits per heavy atom. The monoisotopic (exact) mass is 189 g/mol. The van der Waals surface area contributed by atoms with Crippen LogP contribution in [0.5, 0.6) is 0 Å². The summed E-state index contributed by atoms with van der Waals surface area (Å²) in [4.78, 5) is 0. The van der Waals surface area contributed by atoms with E-state index in [0.29, 0.717) is 12.0 Å². The average molecular weight is 189 g/mol. The van der Waals surface area contributed by atoms with Gasteiger partial charge in [0.05, 0.1) is 0 Å². The molecule has 14 heavy (non-hydrogen) atoms. The van der Waals surface area contributed by atoms with E-state index >= 15 is 0 Å². The first kappa shape index (κ1) is 9.72. The molecule has 2 atom stereocenters. The summed E-state index contributed by atoms with van der Waals surface area (Å²) in [5.41, 5.74) is 9.18. The minimum atomic E-state index is 0.379. The van der Waals surface area contributed by atoms with E-state index in [0.717, 1.165) is 0 Å². The molecule has 1 aliphatic carbocycles. The molecule has 1 aliphatic rings. The molecule has 0 bridgehead atoms. The van der Waals surface area contributed by atoms with Gasteiger partial charge in [-0.15, -0.1) is 0 Å². The smallest absolute Gasteiger partial charge is 0.0111 e. The van der Waals surface area contributed by atoms with E-state index in [1.54, 1.807) is 0 Å². The SMILES string of the molecule is CCCCC(N)C1Cc2ccccc21. The van der Waals surface area contributed by atoms with Crippen molar-refractivity contribution in [3.63, 3.8) is 0 Å². The van der Waals surface area contributed by atoms with Crippen molar-refractivity contribution < 1.29 is 0 Å². The van der Waals surface area contributed by atoms with E-state index in [1.165, 1.54) is 36.8 Å². The van der Waals surface area contributed by atoms with Crippen molar-refractivity contribution in [3.05, 3.63) is 35.4 Å². The van der Waals surface area contributed by atoms with E-state index in [2.05, 4.69) is 31.2 Å². The number of hydrogen-bond donors (Lipinski definition) is 1. The van der Waals surface area contributed by atoms with Gasteiger partial charge in [-0.1, -0.05) is 44.0 Å². The van der Waals surface area contributed by atoms with Crippen LogP contribution in [0, 0.1) is 0 Å². The second kappa shape index (κ2) is 4.14. The molecular formula is C13H19N. The lowest BCUT2D eigenvalue weighted by atomic mass is 9.72. The van der Waals surface area contributed by atoms with E-state index < -0.39 is 0 Å². The topological polar surface area (TPSA) is 26.0 Å². The van der Waals surface area contributed by atoms with Crippen LogP contribution in [-0.4, -0.2) is 6.04 Å². The summed E-state index contributed by atoms with van der Waals surface area (Å²) < 4.78 is 0. The largest absolute Gasteiger partial charge is 0.327 e. The molecule has 76 valence electrons. The summed E-state index contributed by atoms with van der Waals surface area (Å²) >= 11 is 0. The van der Waals surface area contributed by atoms with Crippen LogP contribution in [0.2, 0.25) is 0 Å². The van der Waals surface area contributed by atoms with Gasteiger partial charge in [-0.05, 0) is 24.0 Å². The Morgan fingerprint density at radius 1 is 1.43 bits per heavy atom. The maximum Gasteiger partial charge on any atom is 0.0111 e. The highest BCUT2D eigenvalue weighted by Crippen LogP contribution is 2.37. The maximum atomic E-state index is 6.18. The lowest BCUT2D eigenvalue weighted by molar-refractivity contribution is 0.445. The highest BCUT2D eigenvalue weighted by Gasteiger charge is 2.29. The minimum Gasteiger partial charge on any atom is -0.327 e. The second-order valence-corrected chi connectivity index (χ2v) is 4.32. The number of unbranched alkanes of at least 4 members (excludes halogenated alkanes) is 1. The van der Waals surface area contributed by atoms with Crippen molar-refractivity contribution in [2.75, 3.05) is 0 Å². The first-order chi connectivity index (χ1) is 6.83. The van der Waals surface area contributed by atoms with Gasteiger partial charge in [0.2, 0.25) is 0 Å². The highest BCUT2D eigenvalue weighted by atomic mass is 14.7. The molecule has 0 saturated carbocycles. The fraction of sp³-hybridized carbons (Fsp3) is 0.538.